The summed E-state index contributed by atoms with van der Waals surface area (Å²) in [5.74, 6) is -0.371. The van der Waals surface area contributed by atoms with Crippen molar-refractivity contribution in [2.24, 2.45) is 0 Å². The van der Waals surface area contributed by atoms with Gasteiger partial charge in [0, 0.05) is 31.0 Å². The van der Waals surface area contributed by atoms with Gasteiger partial charge in [0.15, 0.2) is 0 Å². The van der Waals surface area contributed by atoms with Gasteiger partial charge in [0.1, 0.15) is 12.7 Å². The number of hydrogen-bond donors (Lipinski definition) is 1. The lowest BCUT2D eigenvalue weighted by Crippen LogP contribution is -2.60. The molecule has 6 nitrogen and oxygen atoms in total. The number of nitrogens with zero attached hydrogens (tertiary/aromatic N) is 1. The topological polar surface area (TPSA) is 68.2 Å². The number of rotatable bonds is 6. The summed E-state index contributed by atoms with van der Waals surface area (Å²) in [4.78, 5) is 11.7. The molecule has 0 spiro atoms. The van der Waals surface area contributed by atoms with Gasteiger partial charge in [-0.25, -0.2) is 4.79 Å². The van der Waals surface area contributed by atoms with E-state index in [1.165, 1.54) is 5.06 Å². The van der Waals surface area contributed by atoms with Crippen molar-refractivity contribution in [3.8, 4) is 0 Å². The quantitative estimate of drug-likeness (QED) is 0.592. The molecule has 0 unspecified atom stereocenters. The molecule has 0 bridgehead atoms. The number of carbonyl (C=O) groups is 1. The third-order valence-corrected chi connectivity index (χ3v) is 3.55. The Morgan fingerprint density at radius 2 is 1.75 bits per heavy atom. The molecule has 1 fully saturated rings. The largest absolute Gasteiger partial charge is 0.461 e. The number of hydrogen-bond acceptors (Lipinski definition) is 6. The highest BCUT2D eigenvalue weighted by atomic mass is 16.6. The first-order valence-electron chi connectivity index (χ1n) is 6.94. The average Bonchev–Trinajstić information content (AvgIpc) is 2.31. The molecule has 1 aliphatic rings. The minimum atomic E-state index is -0.427. The van der Waals surface area contributed by atoms with Crippen molar-refractivity contribution < 1.29 is 24.2 Å². The fourth-order valence-electron chi connectivity index (χ4n) is 2.78. The summed E-state index contributed by atoms with van der Waals surface area (Å²) in [6, 6.07) is 0. The molecule has 6 heteroatoms. The molecule has 1 heterocycles. The van der Waals surface area contributed by atoms with E-state index in [0.29, 0.717) is 26.1 Å². The molecule has 0 aromatic carbocycles. The summed E-state index contributed by atoms with van der Waals surface area (Å²) in [7, 11) is 1.58. The van der Waals surface area contributed by atoms with Gasteiger partial charge in [0.2, 0.25) is 0 Å². The van der Waals surface area contributed by atoms with Crippen LogP contribution in [0.25, 0.3) is 0 Å². The number of carbonyl (C=O) groups excluding carboxylic acids is 1. The molecule has 0 aliphatic carbocycles. The van der Waals surface area contributed by atoms with Gasteiger partial charge in [-0.15, -0.1) is 0 Å². The Labute approximate surface area is 120 Å². The van der Waals surface area contributed by atoms with Gasteiger partial charge < -0.3 is 19.4 Å². The van der Waals surface area contributed by atoms with Gasteiger partial charge >= 0.3 is 5.97 Å². The van der Waals surface area contributed by atoms with Crippen molar-refractivity contribution in [1.29, 1.82) is 0 Å². The van der Waals surface area contributed by atoms with E-state index in [0.717, 1.165) is 0 Å². The minimum Gasteiger partial charge on any atom is -0.461 e. The van der Waals surface area contributed by atoms with Gasteiger partial charge in [-0.05, 0) is 27.7 Å². The Balaban J connectivity index is 2.46. The molecule has 0 radical (unpaired) electrons. The standard InChI is InChI=1S/C14H27NO5/c1-13(2)8-11(9-14(3,4)15(13)17)20-12(16)10-19-7-6-18-5/h11,17H,6-10H2,1-5H3. The van der Waals surface area contributed by atoms with E-state index in [9.17, 15) is 10.0 Å². The van der Waals surface area contributed by atoms with Gasteiger partial charge in [0.25, 0.3) is 0 Å². The second-order valence-electron chi connectivity index (χ2n) is 6.50. The second kappa shape index (κ2) is 6.85. The van der Waals surface area contributed by atoms with Crippen molar-refractivity contribution in [1.82, 2.24) is 5.06 Å². The van der Waals surface area contributed by atoms with E-state index in [1.54, 1.807) is 7.11 Å². The predicted octanol–water partition coefficient (Wildman–Crippen LogP) is 1.60. The summed E-state index contributed by atoms with van der Waals surface area (Å²) < 4.78 is 15.4. The van der Waals surface area contributed by atoms with Crippen LogP contribution in [0, 0.1) is 0 Å². The normalized spacial score (nSPS) is 22.7. The molecule has 0 atom stereocenters. The molecule has 1 N–H and O–H groups in total. The molecule has 1 saturated heterocycles. The zero-order valence-corrected chi connectivity index (χ0v) is 13.1. The fourth-order valence-corrected chi connectivity index (χ4v) is 2.78. The van der Waals surface area contributed by atoms with Crippen molar-refractivity contribution in [3.63, 3.8) is 0 Å². The highest BCUT2D eigenvalue weighted by Crippen LogP contribution is 2.37. The van der Waals surface area contributed by atoms with E-state index in [2.05, 4.69) is 0 Å². The van der Waals surface area contributed by atoms with Gasteiger partial charge in [-0.2, -0.15) is 5.06 Å². The van der Waals surface area contributed by atoms with E-state index in [1.807, 2.05) is 27.7 Å². The number of methoxy groups -OCH3 is 1. The molecule has 1 rings (SSSR count). The van der Waals surface area contributed by atoms with Gasteiger partial charge in [-0.3, -0.25) is 0 Å². The van der Waals surface area contributed by atoms with Crippen LogP contribution in [0.3, 0.4) is 0 Å². The third-order valence-electron chi connectivity index (χ3n) is 3.55. The summed E-state index contributed by atoms with van der Waals surface area (Å²) in [5, 5.41) is 11.5. The van der Waals surface area contributed by atoms with Crippen LogP contribution in [0.4, 0.5) is 0 Å². The van der Waals surface area contributed by atoms with E-state index in [4.69, 9.17) is 14.2 Å². The van der Waals surface area contributed by atoms with Crippen LogP contribution in [0.1, 0.15) is 40.5 Å². The Morgan fingerprint density at radius 3 is 2.25 bits per heavy atom. The Hall–Kier alpha value is -0.690. The molecule has 0 aromatic rings. The zero-order valence-electron chi connectivity index (χ0n) is 13.1. The molecular weight excluding hydrogens is 262 g/mol. The summed E-state index contributed by atoms with van der Waals surface area (Å²) in [5.41, 5.74) is -0.854. The summed E-state index contributed by atoms with van der Waals surface area (Å²) in [6.45, 7) is 8.50. The van der Waals surface area contributed by atoms with Crippen molar-refractivity contribution in [3.05, 3.63) is 0 Å². The zero-order chi connectivity index (χ0) is 15.4. The van der Waals surface area contributed by atoms with E-state index >= 15 is 0 Å². The van der Waals surface area contributed by atoms with Crippen LogP contribution in [0.15, 0.2) is 0 Å². The molecule has 1 aliphatic heterocycles. The summed E-state index contributed by atoms with van der Waals surface area (Å²) in [6.07, 6.45) is 0.981. The Kier molecular flexibility index (Phi) is 5.94. The predicted molar refractivity (Wildman–Crippen MR) is 73.6 cm³/mol. The smallest absolute Gasteiger partial charge is 0.332 e. The van der Waals surface area contributed by atoms with E-state index < -0.39 is 11.1 Å². The maximum atomic E-state index is 11.7. The molecule has 20 heavy (non-hydrogen) atoms. The first kappa shape index (κ1) is 17.4. The van der Waals surface area contributed by atoms with Crippen LogP contribution in [-0.4, -0.2) is 60.4 Å². The highest BCUT2D eigenvalue weighted by molar-refractivity contribution is 5.70. The van der Waals surface area contributed by atoms with Gasteiger partial charge in [0.05, 0.1) is 13.2 Å². The van der Waals surface area contributed by atoms with Crippen LogP contribution in [0.5, 0.6) is 0 Å². The van der Waals surface area contributed by atoms with E-state index in [-0.39, 0.29) is 18.7 Å². The number of hydroxylamine groups is 2. The lowest BCUT2D eigenvalue weighted by Gasteiger charge is -2.50. The average molecular weight is 289 g/mol. The first-order chi connectivity index (χ1) is 9.19. The second-order valence-corrected chi connectivity index (χ2v) is 6.50. The Morgan fingerprint density at radius 1 is 1.20 bits per heavy atom. The lowest BCUT2D eigenvalue weighted by atomic mass is 9.80. The van der Waals surface area contributed by atoms with Crippen molar-refractivity contribution >= 4 is 5.97 Å². The minimum absolute atomic E-state index is 0.0659. The maximum Gasteiger partial charge on any atom is 0.332 e. The monoisotopic (exact) mass is 289 g/mol. The van der Waals surface area contributed by atoms with Crippen LogP contribution in [0.2, 0.25) is 0 Å². The van der Waals surface area contributed by atoms with Crippen molar-refractivity contribution in [2.45, 2.75) is 57.7 Å². The summed E-state index contributed by atoms with van der Waals surface area (Å²) >= 11 is 0. The molecular formula is C14H27NO5. The Bertz CT molecular complexity index is 312. The lowest BCUT2D eigenvalue weighted by molar-refractivity contribution is -0.259. The molecule has 0 saturated carbocycles. The number of ether oxygens (including phenoxy) is 3. The molecule has 118 valence electrons. The van der Waals surface area contributed by atoms with Crippen LogP contribution < -0.4 is 0 Å². The molecule has 0 aromatic heterocycles. The third kappa shape index (κ3) is 4.70. The first-order valence-corrected chi connectivity index (χ1v) is 6.94. The number of piperidine rings is 1. The maximum absolute atomic E-state index is 11.7. The molecule has 0 amide bonds. The fraction of sp³-hybridized carbons (Fsp3) is 0.929. The highest BCUT2D eigenvalue weighted by Gasteiger charge is 2.46. The van der Waals surface area contributed by atoms with Crippen LogP contribution >= 0.6 is 0 Å². The van der Waals surface area contributed by atoms with Gasteiger partial charge in [-0.1, -0.05) is 0 Å². The van der Waals surface area contributed by atoms with Crippen LogP contribution in [-0.2, 0) is 19.0 Å². The van der Waals surface area contributed by atoms with Crippen molar-refractivity contribution in [2.75, 3.05) is 26.9 Å². The number of esters is 1. The SMILES string of the molecule is COCCOCC(=O)OC1CC(C)(C)N(O)C(C)(C)C1.